The van der Waals surface area contributed by atoms with E-state index in [2.05, 4.69) is 17.4 Å². The van der Waals surface area contributed by atoms with Crippen molar-refractivity contribution in [3.8, 4) is 5.75 Å². The lowest BCUT2D eigenvalue weighted by Crippen LogP contribution is -2.40. The average Bonchev–Trinajstić information content (AvgIpc) is 2.68. The van der Waals surface area contributed by atoms with Gasteiger partial charge in [-0.3, -0.25) is 4.79 Å². The predicted octanol–water partition coefficient (Wildman–Crippen LogP) is 4.92. The van der Waals surface area contributed by atoms with Crippen molar-refractivity contribution in [1.82, 2.24) is 0 Å². The van der Waals surface area contributed by atoms with Gasteiger partial charge in [-0.2, -0.15) is 0 Å². The summed E-state index contributed by atoms with van der Waals surface area (Å²) in [5.41, 5.74) is 4.00. The SMILES string of the molecule is CCOC(=O)[C@@H](Nc1ccc(OC)cc1)[C@@H](C)C(=O)Sc1c(C)cc(C)cc1C. The highest BCUT2D eigenvalue weighted by Gasteiger charge is 2.32. The number of ether oxygens (including phenoxy) is 2. The van der Waals surface area contributed by atoms with Gasteiger partial charge < -0.3 is 14.8 Å². The first-order valence-corrected chi connectivity index (χ1v) is 10.4. The maximum Gasteiger partial charge on any atom is 0.329 e. The summed E-state index contributed by atoms with van der Waals surface area (Å²) >= 11 is 1.19. The number of carbonyl (C=O) groups is 2. The van der Waals surface area contributed by atoms with Gasteiger partial charge in [0.15, 0.2) is 5.12 Å². The third kappa shape index (κ3) is 6.00. The van der Waals surface area contributed by atoms with E-state index in [9.17, 15) is 9.59 Å². The molecule has 0 aromatic heterocycles. The molecule has 29 heavy (non-hydrogen) atoms. The molecule has 0 saturated heterocycles. The molecule has 0 aliphatic heterocycles. The third-order valence-electron chi connectivity index (χ3n) is 4.63. The van der Waals surface area contributed by atoms with Crippen molar-refractivity contribution < 1.29 is 19.1 Å². The van der Waals surface area contributed by atoms with Crippen molar-refractivity contribution in [3.05, 3.63) is 53.1 Å². The van der Waals surface area contributed by atoms with Crippen LogP contribution in [0, 0.1) is 26.7 Å². The highest BCUT2D eigenvalue weighted by Crippen LogP contribution is 2.31. The number of hydrogen-bond donors (Lipinski definition) is 1. The summed E-state index contributed by atoms with van der Waals surface area (Å²) in [7, 11) is 1.59. The molecule has 5 nitrogen and oxygen atoms in total. The Balaban J connectivity index is 2.22. The second kappa shape index (κ2) is 10.3. The molecule has 2 rings (SSSR count). The summed E-state index contributed by atoms with van der Waals surface area (Å²) in [5, 5.41) is 3.07. The second-order valence-corrected chi connectivity index (χ2v) is 8.05. The fraction of sp³-hybridized carbons (Fsp3) is 0.391. The lowest BCUT2D eigenvalue weighted by Gasteiger charge is -2.24. The standard InChI is InChI=1S/C23H29NO4S/c1-7-28-22(25)20(24-18-8-10-19(27-6)11-9-18)17(5)23(26)29-21-15(3)12-14(2)13-16(21)4/h8-13,17,20,24H,7H2,1-6H3/t17-,20+/m1/s1. The number of anilines is 1. The highest BCUT2D eigenvalue weighted by atomic mass is 32.2. The largest absolute Gasteiger partial charge is 0.497 e. The molecule has 2 aromatic carbocycles. The van der Waals surface area contributed by atoms with Crippen LogP contribution in [0.15, 0.2) is 41.3 Å². The first-order chi connectivity index (χ1) is 13.8. The van der Waals surface area contributed by atoms with Crippen LogP contribution in [0.4, 0.5) is 5.69 Å². The molecule has 0 radical (unpaired) electrons. The quantitative estimate of drug-likeness (QED) is 0.488. The third-order valence-corrected chi connectivity index (χ3v) is 6.05. The van der Waals surface area contributed by atoms with Crippen molar-refractivity contribution in [2.75, 3.05) is 19.0 Å². The molecule has 0 spiro atoms. The summed E-state index contributed by atoms with van der Waals surface area (Å²) in [6.45, 7) is 9.80. The van der Waals surface area contributed by atoms with Crippen LogP contribution >= 0.6 is 11.8 Å². The van der Waals surface area contributed by atoms with E-state index in [1.165, 1.54) is 11.8 Å². The topological polar surface area (TPSA) is 64.6 Å². The van der Waals surface area contributed by atoms with E-state index in [4.69, 9.17) is 9.47 Å². The van der Waals surface area contributed by atoms with Gasteiger partial charge in [0, 0.05) is 10.6 Å². The van der Waals surface area contributed by atoms with Crippen molar-refractivity contribution >= 4 is 28.5 Å². The summed E-state index contributed by atoms with van der Waals surface area (Å²) < 4.78 is 10.4. The summed E-state index contributed by atoms with van der Waals surface area (Å²) in [5.74, 6) is -0.309. The molecule has 0 aliphatic carbocycles. The Morgan fingerprint density at radius 1 is 1.07 bits per heavy atom. The number of esters is 1. The van der Waals surface area contributed by atoms with E-state index in [1.807, 2.05) is 32.9 Å². The van der Waals surface area contributed by atoms with Crippen molar-refractivity contribution in [2.45, 2.75) is 45.6 Å². The first-order valence-electron chi connectivity index (χ1n) is 9.63. The van der Waals surface area contributed by atoms with Gasteiger partial charge in [0.1, 0.15) is 11.8 Å². The Labute approximate surface area is 177 Å². The number of nitrogens with one attached hydrogen (secondary N) is 1. The van der Waals surface area contributed by atoms with Crippen molar-refractivity contribution in [2.24, 2.45) is 5.92 Å². The van der Waals surface area contributed by atoms with Crippen LogP contribution in [-0.4, -0.2) is 30.8 Å². The van der Waals surface area contributed by atoms with Crippen LogP contribution in [-0.2, 0) is 14.3 Å². The minimum Gasteiger partial charge on any atom is -0.497 e. The molecule has 0 fully saturated rings. The molecule has 0 saturated carbocycles. The second-order valence-electron chi connectivity index (χ2n) is 7.04. The lowest BCUT2D eigenvalue weighted by atomic mass is 10.0. The van der Waals surface area contributed by atoms with E-state index in [0.29, 0.717) is 5.75 Å². The number of hydrogen-bond acceptors (Lipinski definition) is 6. The van der Waals surface area contributed by atoms with Gasteiger partial charge >= 0.3 is 5.97 Å². The van der Waals surface area contributed by atoms with Gasteiger partial charge in [-0.25, -0.2) is 4.79 Å². The normalized spacial score (nSPS) is 12.8. The lowest BCUT2D eigenvalue weighted by molar-refractivity contribution is -0.146. The molecule has 0 heterocycles. The zero-order chi connectivity index (χ0) is 21.6. The summed E-state index contributed by atoms with van der Waals surface area (Å²) in [4.78, 5) is 26.6. The maximum atomic E-state index is 13.0. The number of carbonyl (C=O) groups excluding carboxylic acids is 2. The Hall–Kier alpha value is -2.47. The highest BCUT2D eigenvalue weighted by molar-refractivity contribution is 8.13. The zero-order valence-corrected chi connectivity index (χ0v) is 18.7. The van der Waals surface area contributed by atoms with Gasteiger partial charge in [0.2, 0.25) is 0 Å². The number of methoxy groups -OCH3 is 1. The van der Waals surface area contributed by atoms with Crippen LogP contribution in [0.1, 0.15) is 30.5 Å². The Morgan fingerprint density at radius 2 is 1.66 bits per heavy atom. The number of thioether (sulfide) groups is 1. The molecule has 156 valence electrons. The molecule has 0 amide bonds. The molecular weight excluding hydrogens is 386 g/mol. The van der Waals surface area contributed by atoms with Gasteiger partial charge in [0.05, 0.1) is 19.6 Å². The van der Waals surface area contributed by atoms with Gasteiger partial charge in [-0.05, 0) is 63.1 Å². The number of benzene rings is 2. The Kier molecular flexibility index (Phi) is 8.14. The molecule has 0 bridgehead atoms. The number of rotatable bonds is 8. The Morgan fingerprint density at radius 3 is 2.17 bits per heavy atom. The van der Waals surface area contributed by atoms with E-state index >= 15 is 0 Å². The fourth-order valence-corrected chi connectivity index (χ4v) is 4.11. The van der Waals surface area contributed by atoms with Gasteiger partial charge in [-0.15, -0.1) is 0 Å². The molecule has 0 aliphatic rings. The molecule has 2 aromatic rings. The van der Waals surface area contributed by atoms with Crippen LogP contribution in [0.2, 0.25) is 0 Å². The molecular formula is C23H29NO4S. The minimum atomic E-state index is -0.783. The average molecular weight is 416 g/mol. The zero-order valence-electron chi connectivity index (χ0n) is 17.9. The maximum absolute atomic E-state index is 13.0. The predicted molar refractivity (Wildman–Crippen MR) is 118 cm³/mol. The van der Waals surface area contributed by atoms with E-state index in [-0.39, 0.29) is 11.7 Å². The van der Waals surface area contributed by atoms with Crippen LogP contribution in [0.5, 0.6) is 5.75 Å². The Bertz CT molecular complexity index is 841. The van der Waals surface area contributed by atoms with E-state index in [0.717, 1.165) is 27.3 Å². The smallest absolute Gasteiger partial charge is 0.329 e. The van der Waals surface area contributed by atoms with Crippen molar-refractivity contribution in [3.63, 3.8) is 0 Å². The molecule has 0 unspecified atom stereocenters. The fourth-order valence-electron chi connectivity index (χ4n) is 3.14. The molecule has 6 heteroatoms. The molecule has 1 N–H and O–H groups in total. The van der Waals surface area contributed by atoms with Crippen molar-refractivity contribution in [1.29, 1.82) is 0 Å². The molecule has 2 atom stereocenters. The monoisotopic (exact) mass is 415 g/mol. The summed E-state index contributed by atoms with van der Waals surface area (Å²) in [6, 6.07) is 10.6. The van der Waals surface area contributed by atoms with Crippen LogP contribution < -0.4 is 10.1 Å². The van der Waals surface area contributed by atoms with Gasteiger partial charge in [0.25, 0.3) is 0 Å². The van der Waals surface area contributed by atoms with Crippen LogP contribution in [0.25, 0.3) is 0 Å². The number of aryl methyl sites for hydroxylation is 3. The van der Waals surface area contributed by atoms with E-state index in [1.54, 1.807) is 33.1 Å². The first kappa shape index (κ1) is 22.8. The minimum absolute atomic E-state index is 0.0842. The van der Waals surface area contributed by atoms with E-state index < -0.39 is 17.9 Å². The van der Waals surface area contributed by atoms with Gasteiger partial charge in [-0.1, -0.05) is 36.4 Å². The summed E-state index contributed by atoms with van der Waals surface area (Å²) in [6.07, 6.45) is 0. The van der Waals surface area contributed by atoms with Crippen LogP contribution in [0.3, 0.4) is 0 Å².